The summed E-state index contributed by atoms with van der Waals surface area (Å²) in [5.74, 6) is 1.89. The van der Waals surface area contributed by atoms with Crippen LogP contribution in [-0.4, -0.2) is 20.7 Å². The molecule has 2 aliphatic rings. The molecule has 1 aromatic carbocycles. The monoisotopic (exact) mass is 307 g/mol. The number of fused-ring (bicyclic) bond motifs is 1. The van der Waals surface area contributed by atoms with Crippen molar-refractivity contribution in [2.45, 2.75) is 50.0 Å². The topological polar surface area (TPSA) is 46.2 Å². The van der Waals surface area contributed by atoms with Crippen LogP contribution in [-0.2, 0) is 9.84 Å². The molecule has 1 heterocycles. The lowest BCUT2D eigenvalue weighted by Gasteiger charge is -2.27. The van der Waals surface area contributed by atoms with Gasteiger partial charge < -0.3 is 5.32 Å². The number of hydrogen-bond acceptors (Lipinski definition) is 3. The SMILES string of the molecule is CC1CCCC(CCNC2CS(=O)(=O)c3ccccc32)C1. The Balaban J connectivity index is 1.57. The first-order valence-corrected chi connectivity index (χ1v) is 9.76. The van der Waals surface area contributed by atoms with Gasteiger partial charge in [-0.2, -0.15) is 0 Å². The predicted molar refractivity (Wildman–Crippen MR) is 85.0 cm³/mol. The molecule has 116 valence electrons. The lowest BCUT2D eigenvalue weighted by molar-refractivity contribution is 0.266. The fourth-order valence-electron chi connectivity index (χ4n) is 3.90. The second kappa shape index (κ2) is 6.09. The van der Waals surface area contributed by atoms with Crippen LogP contribution in [0.25, 0.3) is 0 Å². The Labute approximate surface area is 128 Å². The molecule has 3 nitrogen and oxygen atoms in total. The molecule has 4 heteroatoms. The molecule has 1 saturated carbocycles. The highest BCUT2D eigenvalue weighted by atomic mass is 32.2. The normalized spacial score (nSPS) is 31.0. The maximum atomic E-state index is 12.1. The van der Waals surface area contributed by atoms with Gasteiger partial charge in [0.25, 0.3) is 0 Å². The van der Waals surface area contributed by atoms with E-state index in [0.717, 1.165) is 23.9 Å². The standard InChI is InChI=1S/C17H25NO2S/c1-13-5-4-6-14(11-13)9-10-18-16-12-21(19,20)17-8-3-2-7-15(16)17/h2-3,7-8,13-14,16,18H,4-6,9-12H2,1H3. The Hall–Kier alpha value is -0.870. The smallest absolute Gasteiger partial charge is 0.180 e. The molecule has 3 unspecified atom stereocenters. The van der Waals surface area contributed by atoms with Crippen LogP contribution in [0.5, 0.6) is 0 Å². The van der Waals surface area contributed by atoms with Crippen LogP contribution in [0.3, 0.4) is 0 Å². The summed E-state index contributed by atoms with van der Waals surface area (Å²) in [5, 5.41) is 3.48. The number of nitrogens with one attached hydrogen (secondary N) is 1. The van der Waals surface area contributed by atoms with Crippen LogP contribution in [0.4, 0.5) is 0 Å². The van der Waals surface area contributed by atoms with E-state index in [1.807, 2.05) is 18.2 Å². The van der Waals surface area contributed by atoms with E-state index in [-0.39, 0.29) is 11.8 Å². The maximum absolute atomic E-state index is 12.1. The molecule has 0 radical (unpaired) electrons. The second-order valence-electron chi connectivity index (χ2n) is 6.75. The summed E-state index contributed by atoms with van der Waals surface area (Å²) < 4.78 is 24.3. The van der Waals surface area contributed by atoms with Crippen molar-refractivity contribution in [3.8, 4) is 0 Å². The Morgan fingerprint density at radius 3 is 2.86 bits per heavy atom. The summed E-state index contributed by atoms with van der Waals surface area (Å²) in [6.45, 7) is 3.27. The van der Waals surface area contributed by atoms with Gasteiger partial charge in [0.1, 0.15) is 0 Å². The minimum absolute atomic E-state index is 0.0211. The largest absolute Gasteiger partial charge is 0.309 e. The van der Waals surface area contributed by atoms with Crippen LogP contribution in [0.1, 0.15) is 50.6 Å². The average molecular weight is 307 g/mol. The molecule has 0 amide bonds. The maximum Gasteiger partial charge on any atom is 0.180 e. The first-order valence-electron chi connectivity index (χ1n) is 8.11. The van der Waals surface area contributed by atoms with Crippen molar-refractivity contribution in [2.24, 2.45) is 11.8 Å². The molecule has 3 atom stereocenters. The van der Waals surface area contributed by atoms with Gasteiger partial charge in [0.05, 0.1) is 10.6 Å². The van der Waals surface area contributed by atoms with Crippen molar-refractivity contribution in [1.29, 1.82) is 0 Å². The highest BCUT2D eigenvalue weighted by Crippen LogP contribution is 2.34. The molecule has 0 aromatic heterocycles. The summed E-state index contributed by atoms with van der Waals surface area (Å²) in [6, 6.07) is 7.39. The van der Waals surface area contributed by atoms with Gasteiger partial charge in [-0.1, -0.05) is 44.4 Å². The van der Waals surface area contributed by atoms with Gasteiger partial charge in [0.2, 0.25) is 0 Å². The molecule has 1 fully saturated rings. The van der Waals surface area contributed by atoms with Crippen molar-refractivity contribution >= 4 is 9.84 Å². The van der Waals surface area contributed by atoms with Gasteiger partial charge in [-0.15, -0.1) is 0 Å². The Bertz CT molecular complexity index is 597. The molecule has 3 rings (SSSR count). The molecule has 0 bridgehead atoms. The second-order valence-corrected chi connectivity index (χ2v) is 8.76. The Kier molecular flexibility index (Phi) is 4.36. The lowest BCUT2D eigenvalue weighted by atomic mass is 9.81. The molecule has 21 heavy (non-hydrogen) atoms. The van der Waals surface area contributed by atoms with E-state index >= 15 is 0 Å². The summed E-state index contributed by atoms with van der Waals surface area (Å²) in [4.78, 5) is 0.522. The minimum atomic E-state index is -3.08. The van der Waals surface area contributed by atoms with Crippen molar-refractivity contribution in [2.75, 3.05) is 12.3 Å². The van der Waals surface area contributed by atoms with Crippen molar-refractivity contribution in [3.05, 3.63) is 29.8 Å². The predicted octanol–water partition coefficient (Wildman–Crippen LogP) is 3.32. The Morgan fingerprint density at radius 1 is 1.24 bits per heavy atom. The quantitative estimate of drug-likeness (QED) is 0.928. The van der Waals surface area contributed by atoms with Crippen LogP contribution >= 0.6 is 0 Å². The van der Waals surface area contributed by atoms with Crippen LogP contribution in [0.2, 0.25) is 0 Å². The van der Waals surface area contributed by atoms with Crippen molar-refractivity contribution in [1.82, 2.24) is 5.32 Å². The molecular weight excluding hydrogens is 282 g/mol. The van der Waals surface area contributed by atoms with Crippen LogP contribution in [0, 0.1) is 11.8 Å². The number of sulfone groups is 1. The summed E-state index contributed by atoms with van der Waals surface area (Å²) in [6.07, 6.45) is 6.57. The van der Waals surface area contributed by atoms with Crippen LogP contribution in [0.15, 0.2) is 29.2 Å². The van der Waals surface area contributed by atoms with E-state index in [1.165, 1.54) is 32.1 Å². The highest BCUT2D eigenvalue weighted by molar-refractivity contribution is 7.91. The minimum Gasteiger partial charge on any atom is -0.309 e. The summed E-state index contributed by atoms with van der Waals surface area (Å²) in [5.41, 5.74) is 0.953. The zero-order valence-corrected chi connectivity index (χ0v) is 13.5. The van der Waals surface area contributed by atoms with E-state index in [2.05, 4.69) is 12.2 Å². The van der Waals surface area contributed by atoms with Gasteiger partial charge in [-0.25, -0.2) is 8.42 Å². The number of benzene rings is 1. The zero-order valence-electron chi connectivity index (χ0n) is 12.7. The van der Waals surface area contributed by atoms with Gasteiger partial charge in [0.15, 0.2) is 9.84 Å². The van der Waals surface area contributed by atoms with E-state index in [9.17, 15) is 8.42 Å². The summed E-state index contributed by atoms with van der Waals surface area (Å²) >= 11 is 0. The molecule has 1 aromatic rings. The molecule has 0 saturated heterocycles. The van der Waals surface area contributed by atoms with Crippen LogP contribution < -0.4 is 5.32 Å². The van der Waals surface area contributed by atoms with E-state index in [4.69, 9.17) is 0 Å². The number of hydrogen-bond donors (Lipinski definition) is 1. The molecule has 0 spiro atoms. The zero-order chi connectivity index (χ0) is 14.9. The van der Waals surface area contributed by atoms with E-state index in [1.54, 1.807) is 6.07 Å². The number of rotatable bonds is 4. The fourth-order valence-corrected chi connectivity index (χ4v) is 5.67. The van der Waals surface area contributed by atoms with E-state index < -0.39 is 9.84 Å². The van der Waals surface area contributed by atoms with Gasteiger partial charge in [-0.05, 0) is 42.9 Å². The molecule has 1 aliphatic carbocycles. The first kappa shape index (κ1) is 15.0. The molecule has 1 N–H and O–H groups in total. The van der Waals surface area contributed by atoms with E-state index in [0.29, 0.717) is 4.90 Å². The van der Waals surface area contributed by atoms with Crippen molar-refractivity contribution < 1.29 is 8.42 Å². The third-order valence-electron chi connectivity index (χ3n) is 5.00. The molecule has 1 aliphatic heterocycles. The third kappa shape index (κ3) is 3.32. The van der Waals surface area contributed by atoms with Gasteiger partial charge in [-0.3, -0.25) is 0 Å². The Morgan fingerprint density at radius 2 is 2.05 bits per heavy atom. The lowest BCUT2D eigenvalue weighted by Crippen LogP contribution is -2.26. The first-order chi connectivity index (χ1) is 10.1. The van der Waals surface area contributed by atoms with Crippen molar-refractivity contribution in [3.63, 3.8) is 0 Å². The van der Waals surface area contributed by atoms with Gasteiger partial charge >= 0.3 is 0 Å². The molecular formula is C17H25NO2S. The summed E-state index contributed by atoms with van der Waals surface area (Å²) in [7, 11) is -3.08. The third-order valence-corrected chi connectivity index (χ3v) is 6.82. The highest BCUT2D eigenvalue weighted by Gasteiger charge is 2.33. The fraction of sp³-hybridized carbons (Fsp3) is 0.647. The average Bonchev–Trinajstić information content (AvgIpc) is 2.71. The van der Waals surface area contributed by atoms with Gasteiger partial charge in [0, 0.05) is 6.04 Å².